The van der Waals surface area contributed by atoms with Crippen molar-refractivity contribution in [3.8, 4) is 0 Å². The molecule has 0 saturated heterocycles. The van der Waals surface area contributed by atoms with Gasteiger partial charge in [0.25, 0.3) is 10.1 Å². The summed E-state index contributed by atoms with van der Waals surface area (Å²) in [5.41, 5.74) is 0. The molecule has 0 atom stereocenters. The van der Waals surface area contributed by atoms with Crippen LogP contribution in [0, 0.1) is 0 Å². The second-order valence-electron chi connectivity index (χ2n) is 1.41. The molecule has 0 radical (unpaired) electrons. The van der Waals surface area contributed by atoms with Gasteiger partial charge in [0.05, 0.1) is 5.75 Å². The maximum atomic E-state index is 10.4. The van der Waals surface area contributed by atoms with Crippen LogP contribution in [0.4, 0.5) is 0 Å². The van der Waals surface area contributed by atoms with E-state index in [0.717, 1.165) is 0 Å². The fourth-order valence-electron chi connectivity index (χ4n) is 0.334. The summed E-state index contributed by atoms with van der Waals surface area (Å²) in [6.45, 7) is 1.70. The molecule has 0 rings (SSSR count). The third kappa shape index (κ3) is 4.51. The zero-order valence-corrected chi connectivity index (χ0v) is 6.61. The Morgan fingerprint density at radius 1 is 1.56 bits per heavy atom. The van der Waals surface area contributed by atoms with Crippen molar-refractivity contribution in [3.63, 3.8) is 0 Å². The molecular weight excluding hydrogens is 163 g/mol. The molecular formula is C3H7O4PS. The van der Waals surface area contributed by atoms with Crippen LogP contribution in [0.15, 0.2) is 0 Å². The fourth-order valence-corrected chi connectivity index (χ4v) is 1.50. The lowest BCUT2D eigenvalue weighted by molar-refractivity contribution is 0.486. The summed E-state index contributed by atoms with van der Waals surface area (Å²) >= 11 is 0. The summed E-state index contributed by atoms with van der Waals surface area (Å²) in [6.07, 6.45) is 0.470. The van der Waals surface area contributed by atoms with E-state index in [4.69, 9.17) is 0 Å². The monoisotopic (exact) mass is 170 g/mol. The van der Waals surface area contributed by atoms with E-state index in [0.29, 0.717) is 6.42 Å². The molecule has 54 valence electrons. The molecule has 6 heteroatoms. The van der Waals surface area contributed by atoms with Gasteiger partial charge in [-0.3, -0.25) is 0 Å². The van der Waals surface area contributed by atoms with Crippen molar-refractivity contribution in [1.82, 2.24) is 0 Å². The van der Waals surface area contributed by atoms with E-state index in [-0.39, 0.29) is 5.75 Å². The molecule has 0 aromatic rings. The number of rotatable bonds is 4. The lowest BCUT2D eigenvalue weighted by Crippen LogP contribution is -2.03. The van der Waals surface area contributed by atoms with Gasteiger partial charge < -0.3 is 0 Å². The van der Waals surface area contributed by atoms with Crippen LogP contribution in [0.25, 0.3) is 0 Å². The average Bonchev–Trinajstić information content (AvgIpc) is 1.64. The van der Waals surface area contributed by atoms with Crippen LogP contribution in [0.2, 0.25) is 0 Å². The predicted octanol–water partition coefficient (Wildman–Crippen LogP) is 0.950. The summed E-state index contributed by atoms with van der Waals surface area (Å²) in [4.78, 5) is 0. The summed E-state index contributed by atoms with van der Waals surface area (Å²) in [5, 5.41) is 0. The van der Waals surface area contributed by atoms with Crippen LogP contribution >= 0.6 is 8.69 Å². The van der Waals surface area contributed by atoms with Gasteiger partial charge in [0.1, 0.15) is 0 Å². The Bertz CT molecular complexity index is 172. The maximum Gasteiger partial charge on any atom is 0.343 e. The average molecular weight is 170 g/mol. The molecule has 0 heterocycles. The highest BCUT2D eigenvalue weighted by Crippen LogP contribution is 2.04. The summed E-state index contributed by atoms with van der Waals surface area (Å²) in [7, 11) is -4.31. The highest BCUT2D eigenvalue weighted by Gasteiger charge is 2.08. The standard InChI is InChI=1S/C3H7O4PS/c1-2-3-9(5,6)7-8-4/h2-3H2,1H3. The Balaban J connectivity index is 3.88. The Morgan fingerprint density at radius 2 is 2.11 bits per heavy atom. The van der Waals surface area contributed by atoms with Crippen molar-refractivity contribution in [3.05, 3.63) is 0 Å². The quantitative estimate of drug-likeness (QED) is 0.589. The first-order valence-corrected chi connectivity index (χ1v) is 4.67. The van der Waals surface area contributed by atoms with E-state index in [1.54, 1.807) is 6.92 Å². The number of hydrogen-bond donors (Lipinski definition) is 0. The van der Waals surface area contributed by atoms with Crippen LogP contribution in [0.1, 0.15) is 13.3 Å². The van der Waals surface area contributed by atoms with Gasteiger partial charge in [-0.2, -0.15) is 12.4 Å². The van der Waals surface area contributed by atoms with Crippen LogP contribution in [0.3, 0.4) is 0 Å². The molecule has 0 aliphatic heterocycles. The zero-order valence-electron chi connectivity index (χ0n) is 4.90. The van der Waals surface area contributed by atoms with E-state index < -0.39 is 18.8 Å². The minimum atomic E-state index is -3.51. The smallest absolute Gasteiger partial charge is 0.239 e. The predicted molar refractivity (Wildman–Crippen MR) is 32.8 cm³/mol. The highest BCUT2D eigenvalue weighted by atomic mass is 32.2. The van der Waals surface area contributed by atoms with Crippen LogP contribution in [-0.4, -0.2) is 14.2 Å². The van der Waals surface area contributed by atoms with Gasteiger partial charge >= 0.3 is 8.69 Å². The second-order valence-corrected chi connectivity index (χ2v) is 3.68. The molecule has 0 N–H and O–H groups in total. The summed E-state index contributed by atoms with van der Waals surface area (Å²) in [5.74, 6) is -0.0811. The van der Waals surface area contributed by atoms with Gasteiger partial charge in [0.15, 0.2) is 0 Å². The number of hydrogen-bond acceptors (Lipinski definition) is 4. The van der Waals surface area contributed by atoms with Gasteiger partial charge in [0.2, 0.25) is 0 Å². The molecule has 0 fully saturated rings. The van der Waals surface area contributed by atoms with Crippen molar-refractivity contribution < 1.29 is 17.0 Å². The van der Waals surface area contributed by atoms with Gasteiger partial charge in [-0.25, -0.2) is 4.57 Å². The third-order valence-electron chi connectivity index (χ3n) is 0.598. The molecule has 0 amide bonds. The van der Waals surface area contributed by atoms with Gasteiger partial charge in [-0.1, -0.05) is 6.92 Å². The van der Waals surface area contributed by atoms with Crippen molar-refractivity contribution in [2.75, 3.05) is 5.75 Å². The van der Waals surface area contributed by atoms with Gasteiger partial charge in [0, 0.05) is 0 Å². The molecule has 9 heavy (non-hydrogen) atoms. The first-order valence-electron chi connectivity index (χ1n) is 2.36. The maximum absolute atomic E-state index is 10.4. The fraction of sp³-hybridized carbons (Fsp3) is 1.00. The Kier molecular flexibility index (Phi) is 3.93. The van der Waals surface area contributed by atoms with Gasteiger partial charge in [-0.15, -0.1) is 0 Å². The van der Waals surface area contributed by atoms with Gasteiger partial charge in [-0.05, 0) is 6.42 Å². The van der Waals surface area contributed by atoms with E-state index in [9.17, 15) is 13.0 Å². The van der Waals surface area contributed by atoms with E-state index >= 15 is 0 Å². The third-order valence-corrected chi connectivity index (χ3v) is 2.66. The molecule has 0 aliphatic rings. The van der Waals surface area contributed by atoms with E-state index in [2.05, 4.69) is 3.97 Å². The Hall–Kier alpha value is 0.01000. The minimum Gasteiger partial charge on any atom is -0.239 e. The minimum absolute atomic E-state index is 0.0811. The highest BCUT2D eigenvalue weighted by molar-refractivity contribution is 7.89. The SMILES string of the molecule is CCCS(=O)(=O)OP=O. The molecule has 0 unspecified atom stereocenters. The molecule has 0 aromatic carbocycles. The lowest BCUT2D eigenvalue weighted by atomic mass is 10.6. The van der Waals surface area contributed by atoms with Crippen LogP contribution in [0.5, 0.6) is 0 Å². The molecule has 0 aliphatic carbocycles. The first kappa shape index (κ1) is 9.01. The summed E-state index contributed by atoms with van der Waals surface area (Å²) < 4.78 is 34.3. The Labute approximate surface area is 55.6 Å². The van der Waals surface area contributed by atoms with Crippen molar-refractivity contribution >= 4 is 18.8 Å². The Morgan fingerprint density at radius 3 is 2.44 bits per heavy atom. The summed E-state index contributed by atoms with van der Waals surface area (Å²) in [6, 6.07) is 0. The first-order chi connectivity index (χ1) is 4.12. The topological polar surface area (TPSA) is 60.4 Å². The zero-order chi connectivity index (χ0) is 7.33. The molecule has 0 bridgehead atoms. The largest absolute Gasteiger partial charge is 0.343 e. The van der Waals surface area contributed by atoms with Crippen LogP contribution in [-0.2, 0) is 18.7 Å². The molecule has 0 spiro atoms. The van der Waals surface area contributed by atoms with Crippen molar-refractivity contribution in [2.24, 2.45) is 0 Å². The van der Waals surface area contributed by atoms with Crippen LogP contribution < -0.4 is 0 Å². The molecule has 0 saturated carbocycles. The van der Waals surface area contributed by atoms with E-state index in [1.807, 2.05) is 0 Å². The molecule has 0 aromatic heterocycles. The van der Waals surface area contributed by atoms with Crippen molar-refractivity contribution in [1.29, 1.82) is 0 Å². The van der Waals surface area contributed by atoms with E-state index in [1.165, 1.54) is 0 Å². The normalized spacial score (nSPS) is 12.1. The second kappa shape index (κ2) is 3.93. The van der Waals surface area contributed by atoms with Crippen molar-refractivity contribution in [2.45, 2.75) is 13.3 Å². The molecule has 4 nitrogen and oxygen atoms in total. The lowest BCUT2D eigenvalue weighted by Gasteiger charge is -1.92.